The van der Waals surface area contributed by atoms with E-state index in [1.807, 2.05) is 32.9 Å². The molecule has 2 aromatic heterocycles. The van der Waals surface area contributed by atoms with Crippen molar-refractivity contribution in [2.24, 2.45) is 0 Å². The van der Waals surface area contributed by atoms with Crippen molar-refractivity contribution in [3.8, 4) is 0 Å². The number of pyridine rings is 1. The van der Waals surface area contributed by atoms with Gasteiger partial charge < -0.3 is 9.88 Å². The zero-order chi connectivity index (χ0) is 19.3. The lowest BCUT2D eigenvalue weighted by Gasteiger charge is -2.29. The van der Waals surface area contributed by atoms with Gasteiger partial charge in [-0.15, -0.1) is 0 Å². The predicted molar refractivity (Wildman–Crippen MR) is 100 cm³/mol. The van der Waals surface area contributed by atoms with E-state index in [2.05, 4.69) is 9.97 Å². The Kier molecular flexibility index (Phi) is 3.87. The van der Waals surface area contributed by atoms with Gasteiger partial charge in [-0.25, -0.2) is 8.78 Å². The molecule has 1 aromatic carbocycles. The predicted octanol–water partition coefficient (Wildman–Crippen LogP) is 4.64. The van der Waals surface area contributed by atoms with Crippen LogP contribution in [0.15, 0.2) is 42.7 Å². The molecule has 0 unspecified atom stereocenters. The topological polar surface area (TPSA) is 49.0 Å². The van der Waals surface area contributed by atoms with Crippen LogP contribution in [0.1, 0.15) is 42.4 Å². The van der Waals surface area contributed by atoms with E-state index < -0.39 is 17.0 Å². The van der Waals surface area contributed by atoms with Crippen LogP contribution in [0.3, 0.4) is 0 Å². The van der Waals surface area contributed by atoms with E-state index in [0.717, 1.165) is 40.0 Å². The van der Waals surface area contributed by atoms with E-state index >= 15 is 0 Å². The second kappa shape index (κ2) is 6.01. The molecule has 0 radical (unpaired) electrons. The molecular formula is C21H19F2N3O. The average molecular weight is 367 g/mol. The fraction of sp³-hybridized carbons (Fsp3) is 0.238. The molecule has 0 bridgehead atoms. The van der Waals surface area contributed by atoms with Crippen LogP contribution in [0.4, 0.5) is 8.78 Å². The number of amides is 1. The molecule has 0 aliphatic carbocycles. The standard InChI is InChI=1S/C21H19F2N3O/c1-12-10-26(20(27)13-6-7-14(22)15(23)9-13)11-21(2,3)17-18(12)25-16-5-4-8-24-19(16)17/h4-10,25H,11H2,1-3H3. The van der Waals surface area contributed by atoms with Crippen LogP contribution >= 0.6 is 0 Å². The monoisotopic (exact) mass is 367 g/mol. The second-order valence-electron chi connectivity index (χ2n) is 7.53. The normalized spacial score (nSPS) is 16.0. The Morgan fingerprint density at radius 1 is 1.22 bits per heavy atom. The summed E-state index contributed by atoms with van der Waals surface area (Å²) in [7, 11) is 0. The van der Waals surface area contributed by atoms with E-state index in [4.69, 9.17) is 0 Å². The number of hydrogen-bond acceptors (Lipinski definition) is 2. The maximum Gasteiger partial charge on any atom is 0.257 e. The van der Waals surface area contributed by atoms with Gasteiger partial charge in [-0.1, -0.05) is 13.8 Å². The van der Waals surface area contributed by atoms with Crippen molar-refractivity contribution < 1.29 is 13.6 Å². The molecule has 1 N–H and O–H groups in total. The molecule has 138 valence electrons. The Hall–Kier alpha value is -3.02. The van der Waals surface area contributed by atoms with Crippen molar-refractivity contribution in [3.05, 3.63) is 71.2 Å². The first kappa shape index (κ1) is 17.4. The molecule has 0 saturated carbocycles. The number of aromatic amines is 1. The maximum atomic E-state index is 13.6. The summed E-state index contributed by atoms with van der Waals surface area (Å²) in [4.78, 5) is 22.4. The summed E-state index contributed by atoms with van der Waals surface area (Å²) in [5.41, 5.74) is 4.41. The molecule has 4 rings (SSSR count). The number of fused-ring (bicyclic) bond motifs is 3. The van der Waals surface area contributed by atoms with Crippen molar-refractivity contribution >= 4 is 22.5 Å². The molecule has 1 amide bonds. The number of aromatic nitrogens is 2. The number of carbonyl (C=O) groups excluding carboxylic acids is 1. The highest BCUT2D eigenvalue weighted by Gasteiger charge is 2.35. The number of hydrogen-bond donors (Lipinski definition) is 1. The highest BCUT2D eigenvalue weighted by atomic mass is 19.2. The van der Waals surface area contributed by atoms with Crippen LogP contribution < -0.4 is 0 Å². The number of allylic oxidation sites excluding steroid dienone is 1. The number of nitrogens with zero attached hydrogens (tertiary/aromatic N) is 2. The molecule has 0 fully saturated rings. The summed E-state index contributed by atoms with van der Waals surface area (Å²) in [5.74, 6) is -2.37. The molecule has 1 aliphatic rings. The smallest absolute Gasteiger partial charge is 0.257 e. The molecule has 4 nitrogen and oxygen atoms in total. The zero-order valence-corrected chi connectivity index (χ0v) is 15.3. The minimum Gasteiger partial charge on any atom is -0.353 e. The number of rotatable bonds is 1. The number of H-pyrrole nitrogens is 1. The van der Waals surface area contributed by atoms with Gasteiger partial charge in [0.05, 0.1) is 11.0 Å². The summed E-state index contributed by atoms with van der Waals surface area (Å²) in [6.07, 6.45) is 3.51. The van der Waals surface area contributed by atoms with Gasteiger partial charge in [0.1, 0.15) is 0 Å². The van der Waals surface area contributed by atoms with Crippen molar-refractivity contribution in [2.75, 3.05) is 6.54 Å². The molecule has 0 saturated heterocycles. The van der Waals surface area contributed by atoms with E-state index in [9.17, 15) is 13.6 Å². The van der Waals surface area contributed by atoms with Gasteiger partial charge in [-0.05, 0) is 42.8 Å². The third-order valence-corrected chi connectivity index (χ3v) is 4.97. The van der Waals surface area contributed by atoms with Crippen LogP contribution in [-0.4, -0.2) is 27.3 Å². The molecule has 6 heteroatoms. The Morgan fingerprint density at radius 3 is 2.74 bits per heavy atom. The van der Waals surface area contributed by atoms with Gasteiger partial charge in [-0.2, -0.15) is 0 Å². The summed E-state index contributed by atoms with van der Waals surface area (Å²) in [5, 5.41) is 0. The minimum absolute atomic E-state index is 0.113. The number of nitrogens with one attached hydrogen (secondary N) is 1. The van der Waals surface area contributed by atoms with Gasteiger partial charge in [0.15, 0.2) is 11.6 Å². The summed E-state index contributed by atoms with van der Waals surface area (Å²) >= 11 is 0. The van der Waals surface area contributed by atoms with Crippen LogP contribution in [-0.2, 0) is 5.41 Å². The highest BCUT2D eigenvalue weighted by molar-refractivity contribution is 5.96. The van der Waals surface area contributed by atoms with Crippen LogP contribution in [0.25, 0.3) is 16.6 Å². The van der Waals surface area contributed by atoms with Crippen LogP contribution in [0, 0.1) is 11.6 Å². The van der Waals surface area contributed by atoms with Crippen molar-refractivity contribution in [3.63, 3.8) is 0 Å². The molecular weight excluding hydrogens is 348 g/mol. The first-order chi connectivity index (χ1) is 12.8. The Balaban J connectivity index is 1.81. The zero-order valence-electron chi connectivity index (χ0n) is 15.3. The third-order valence-electron chi connectivity index (χ3n) is 4.97. The van der Waals surface area contributed by atoms with Gasteiger partial charge in [0.25, 0.3) is 5.91 Å². The molecule has 0 spiro atoms. The molecule has 27 heavy (non-hydrogen) atoms. The SMILES string of the molecule is CC1=CN(C(=O)c2ccc(F)c(F)c2)CC(C)(C)c2c1[nH]c1cccnc21. The minimum atomic E-state index is -1.03. The average Bonchev–Trinajstić information content (AvgIpc) is 2.99. The Morgan fingerprint density at radius 2 is 2.00 bits per heavy atom. The molecule has 1 aliphatic heterocycles. The number of benzene rings is 1. The first-order valence-electron chi connectivity index (χ1n) is 8.70. The lowest BCUT2D eigenvalue weighted by molar-refractivity contribution is 0.0800. The van der Waals surface area contributed by atoms with Crippen molar-refractivity contribution in [1.29, 1.82) is 0 Å². The fourth-order valence-corrected chi connectivity index (χ4v) is 3.75. The summed E-state index contributed by atoms with van der Waals surface area (Å²) < 4.78 is 26.8. The molecule has 3 aromatic rings. The van der Waals surface area contributed by atoms with Gasteiger partial charge in [0, 0.05) is 41.2 Å². The van der Waals surface area contributed by atoms with E-state index in [0.29, 0.717) is 6.54 Å². The van der Waals surface area contributed by atoms with Gasteiger partial charge in [0.2, 0.25) is 0 Å². The van der Waals surface area contributed by atoms with Crippen LogP contribution in [0.2, 0.25) is 0 Å². The maximum absolute atomic E-state index is 13.6. The van der Waals surface area contributed by atoms with Crippen molar-refractivity contribution in [2.45, 2.75) is 26.2 Å². The Labute approximate surface area is 155 Å². The first-order valence-corrected chi connectivity index (χ1v) is 8.70. The largest absolute Gasteiger partial charge is 0.353 e. The summed E-state index contributed by atoms with van der Waals surface area (Å²) in [6, 6.07) is 7.07. The van der Waals surface area contributed by atoms with E-state index in [1.165, 1.54) is 6.07 Å². The highest BCUT2D eigenvalue weighted by Crippen LogP contribution is 2.39. The Bertz CT molecular complexity index is 1100. The van der Waals surface area contributed by atoms with E-state index in [1.54, 1.807) is 17.3 Å². The number of halogens is 2. The summed E-state index contributed by atoms with van der Waals surface area (Å²) in [6.45, 7) is 6.40. The lowest BCUT2D eigenvalue weighted by Crippen LogP contribution is -2.37. The van der Waals surface area contributed by atoms with E-state index in [-0.39, 0.29) is 11.5 Å². The number of carbonyl (C=O) groups is 1. The molecule has 3 heterocycles. The van der Waals surface area contributed by atoms with Gasteiger partial charge in [-0.3, -0.25) is 9.78 Å². The van der Waals surface area contributed by atoms with Crippen LogP contribution in [0.5, 0.6) is 0 Å². The molecule has 0 atom stereocenters. The fourth-order valence-electron chi connectivity index (χ4n) is 3.75. The van der Waals surface area contributed by atoms with Crippen molar-refractivity contribution in [1.82, 2.24) is 14.9 Å². The quantitative estimate of drug-likeness (QED) is 0.681. The van der Waals surface area contributed by atoms with Gasteiger partial charge >= 0.3 is 0 Å². The second-order valence-corrected chi connectivity index (χ2v) is 7.53. The third kappa shape index (κ3) is 2.81. The lowest BCUT2D eigenvalue weighted by atomic mass is 9.83.